The maximum absolute atomic E-state index is 13.0. The van der Waals surface area contributed by atoms with Crippen LogP contribution in [-0.4, -0.2) is 41.2 Å². The van der Waals surface area contributed by atoms with E-state index in [1.807, 2.05) is 0 Å². The van der Waals surface area contributed by atoms with Gasteiger partial charge in [0.15, 0.2) is 0 Å². The van der Waals surface area contributed by atoms with Gasteiger partial charge in [-0.1, -0.05) is 0 Å². The van der Waals surface area contributed by atoms with E-state index < -0.39 is 37.5 Å². The zero-order valence-corrected chi connectivity index (χ0v) is 18.7. The zero-order chi connectivity index (χ0) is 23.2. The summed E-state index contributed by atoms with van der Waals surface area (Å²) in [5.41, 5.74) is -0.744. The summed E-state index contributed by atoms with van der Waals surface area (Å²) in [6.07, 6.45) is 1.82. The molecule has 0 spiro atoms. The van der Waals surface area contributed by atoms with Gasteiger partial charge in [-0.25, -0.2) is 10.0 Å². The lowest BCUT2D eigenvalue weighted by Gasteiger charge is -2.28. The molecule has 1 fully saturated rings. The molecule has 1 aliphatic rings. The first-order valence-electron chi connectivity index (χ1n) is 8.87. The molecular weight excluding hydrogens is 448 g/mol. The van der Waals surface area contributed by atoms with Gasteiger partial charge in [0.05, 0.1) is 23.9 Å². The van der Waals surface area contributed by atoms with E-state index in [0.717, 1.165) is 12.5 Å². The first kappa shape index (κ1) is 22.6. The van der Waals surface area contributed by atoms with Crippen molar-refractivity contribution in [3.05, 3.63) is 48.5 Å². The largest absolute Gasteiger partial charge is 0.383 e. The van der Waals surface area contributed by atoms with Crippen LogP contribution in [0.4, 0.5) is 11.4 Å². The number of carbonyl (C=O) groups excluding carboxylic acids is 2. The number of hydrogen-bond donors (Lipinski definition) is 0. The second kappa shape index (κ2) is 7.54. The maximum atomic E-state index is 13.0. The van der Waals surface area contributed by atoms with Gasteiger partial charge in [0.25, 0.3) is 11.8 Å². The molecule has 0 saturated carbocycles. The number of rotatable bonds is 6. The summed E-state index contributed by atoms with van der Waals surface area (Å²) in [7, 11) is -7.44. The highest BCUT2D eigenvalue weighted by molar-refractivity contribution is 7.86. The molecule has 0 radical (unpaired) electrons. The van der Waals surface area contributed by atoms with Crippen LogP contribution >= 0.6 is 0 Å². The number of nitrogens with zero attached hydrogens (tertiary/aromatic N) is 2. The third-order valence-electron chi connectivity index (χ3n) is 4.31. The van der Waals surface area contributed by atoms with E-state index in [-0.39, 0.29) is 11.5 Å². The molecule has 0 N–H and O–H groups in total. The number of benzene rings is 2. The third-order valence-corrected chi connectivity index (χ3v) is 5.30. The molecule has 2 aromatic rings. The lowest BCUT2D eigenvalue weighted by molar-refractivity contribution is -0.132. The summed E-state index contributed by atoms with van der Waals surface area (Å²) in [4.78, 5) is 26.0. The Balaban J connectivity index is 1.99. The van der Waals surface area contributed by atoms with Gasteiger partial charge in [-0.3, -0.25) is 9.59 Å². The molecule has 1 heterocycles. The SMILES string of the molecule is CC1(C)C(=O)N(c2ccc(OS(C)(=O)=O)cc2)N(c2ccc(OS(C)(=O)=O)cc2)C1=O. The van der Waals surface area contributed by atoms with Gasteiger partial charge in [-0.2, -0.15) is 16.8 Å². The highest BCUT2D eigenvalue weighted by atomic mass is 32.2. The van der Waals surface area contributed by atoms with E-state index in [1.54, 1.807) is 0 Å². The summed E-state index contributed by atoms with van der Waals surface area (Å²) in [6, 6.07) is 11.2. The van der Waals surface area contributed by atoms with Gasteiger partial charge >= 0.3 is 20.2 Å². The van der Waals surface area contributed by atoms with Crippen molar-refractivity contribution in [1.29, 1.82) is 0 Å². The Bertz CT molecular complexity index is 1140. The van der Waals surface area contributed by atoms with Gasteiger partial charge in [-0.05, 0) is 62.4 Å². The van der Waals surface area contributed by atoms with Crippen LogP contribution in [0.15, 0.2) is 48.5 Å². The van der Waals surface area contributed by atoms with Crippen LogP contribution in [0.1, 0.15) is 13.8 Å². The number of amides is 2. The number of hydrazine groups is 1. The predicted molar refractivity (Wildman–Crippen MR) is 113 cm³/mol. The highest BCUT2D eigenvalue weighted by Gasteiger charge is 2.53. The van der Waals surface area contributed by atoms with Gasteiger partial charge in [0, 0.05) is 0 Å². The quantitative estimate of drug-likeness (QED) is 0.463. The van der Waals surface area contributed by atoms with Crippen LogP contribution in [0.25, 0.3) is 0 Å². The summed E-state index contributed by atoms with van der Waals surface area (Å²) in [5.74, 6) is -0.883. The van der Waals surface area contributed by atoms with Gasteiger partial charge in [-0.15, -0.1) is 0 Å². The lowest BCUT2D eigenvalue weighted by atomic mass is 9.93. The van der Waals surface area contributed by atoms with Crippen LogP contribution in [0.2, 0.25) is 0 Å². The summed E-state index contributed by atoms with van der Waals surface area (Å²) in [5, 5.41) is 2.33. The predicted octanol–water partition coefficient (Wildman–Crippen LogP) is 1.68. The average Bonchev–Trinajstić information content (AvgIpc) is 2.81. The molecule has 1 saturated heterocycles. The van der Waals surface area contributed by atoms with Gasteiger partial charge in [0.2, 0.25) is 0 Å². The molecular formula is C19H20N2O8S2. The average molecular weight is 469 g/mol. The molecule has 1 aliphatic heterocycles. The normalized spacial score (nSPS) is 16.5. The fourth-order valence-electron chi connectivity index (χ4n) is 2.90. The smallest absolute Gasteiger partial charge is 0.306 e. The van der Waals surface area contributed by atoms with Crippen molar-refractivity contribution in [3.63, 3.8) is 0 Å². The molecule has 0 unspecified atom stereocenters. The number of carbonyl (C=O) groups is 2. The van der Waals surface area contributed by atoms with Crippen LogP contribution in [-0.2, 0) is 29.8 Å². The van der Waals surface area contributed by atoms with E-state index in [1.165, 1.54) is 72.4 Å². The van der Waals surface area contributed by atoms with E-state index in [2.05, 4.69) is 0 Å². The Labute approximate surface area is 180 Å². The molecule has 166 valence electrons. The minimum absolute atomic E-state index is 0.0531. The number of anilines is 2. The molecule has 10 nitrogen and oxygen atoms in total. The maximum Gasteiger partial charge on any atom is 0.306 e. The fourth-order valence-corrected chi connectivity index (χ4v) is 3.82. The van der Waals surface area contributed by atoms with Gasteiger partial charge < -0.3 is 8.37 Å². The van der Waals surface area contributed by atoms with E-state index >= 15 is 0 Å². The van der Waals surface area contributed by atoms with Crippen molar-refractivity contribution in [1.82, 2.24) is 0 Å². The van der Waals surface area contributed by atoms with E-state index in [4.69, 9.17) is 8.37 Å². The third kappa shape index (κ3) is 4.80. The standard InChI is InChI=1S/C19H20N2O8S2/c1-19(2)17(22)20(13-5-9-15(10-6-13)28-30(3,24)25)21(18(19)23)14-7-11-16(12-8-14)29-31(4,26)27/h5-12H,1-4H3. The summed E-state index contributed by atoms with van der Waals surface area (Å²) in [6.45, 7) is 2.99. The van der Waals surface area contributed by atoms with Crippen molar-refractivity contribution in [3.8, 4) is 11.5 Å². The Hall–Kier alpha value is -3.12. The summed E-state index contributed by atoms with van der Waals surface area (Å²) >= 11 is 0. The van der Waals surface area contributed by atoms with Crippen molar-refractivity contribution >= 4 is 43.4 Å². The van der Waals surface area contributed by atoms with Crippen LogP contribution < -0.4 is 18.4 Å². The van der Waals surface area contributed by atoms with E-state index in [0.29, 0.717) is 11.4 Å². The molecule has 0 aromatic heterocycles. The molecule has 2 aromatic carbocycles. The molecule has 0 aliphatic carbocycles. The minimum atomic E-state index is -3.72. The molecule has 3 rings (SSSR count). The first-order valence-corrected chi connectivity index (χ1v) is 12.5. The monoisotopic (exact) mass is 468 g/mol. The fraction of sp³-hybridized carbons (Fsp3) is 0.263. The highest BCUT2D eigenvalue weighted by Crippen LogP contribution is 2.39. The van der Waals surface area contributed by atoms with E-state index in [9.17, 15) is 26.4 Å². The molecule has 31 heavy (non-hydrogen) atoms. The first-order chi connectivity index (χ1) is 14.2. The van der Waals surface area contributed by atoms with Crippen molar-refractivity contribution in [2.45, 2.75) is 13.8 Å². The lowest BCUT2D eigenvalue weighted by Crippen LogP contribution is -2.41. The Morgan fingerprint density at radius 1 is 0.645 bits per heavy atom. The van der Waals surface area contributed by atoms with Crippen molar-refractivity contribution < 1.29 is 34.8 Å². The molecule has 0 atom stereocenters. The van der Waals surface area contributed by atoms with Crippen LogP contribution in [0, 0.1) is 5.41 Å². The molecule has 0 bridgehead atoms. The Morgan fingerprint density at radius 2 is 0.935 bits per heavy atom. The Kier molecular flexibility index (Phi) is 5.48. The molecule has 12 heteroatoms. The van der Waals surface area contributed by atoms with Crippen molar-refractivity contribution in [2.24, 2.45) is 5.41 Å². The van der Waals surface area contributed by atoms with Crippen molar-refractivity contribution in [2.75, 3.05) is 22.5 Å². The van der Waals surface area contributed by atoms with Gasteiger partial charge in [0.1, 0.15) is 16.9 Å². The topological polar surface area (TPSA) is 127 Å². The second-order valence-electron chi connectivity index (χ2n) is 7.42. The van der Waals surface area contributed by atoms with Crippen LogP contribution in [0.3, 0.4) is 0 Å². The Morgan fingerprint density at radius 3 is 1.19 bits per heavy atom. The number of hydrogen-bond acceptors (Lipinski definition) is 8. The molecule has 2 amide bonds. The minimum Gasteiger partial charge on any atom is -0.383 e. The summed E-state index contributed by atoms with van der Waals surface area (Å²) < 4.78 is 54.7. The van der Waals surface area contributed by atoms with Crippen LogP contribution in [0.5, 0.6) is 11.5 Å². The zero-order valence-electron chi connectivity index (χ0n) is 17.1. The second-order valence-corrected chi connectivity index (χ2v) is 10.6.